The number of halogens is 1. The smallest absolute Gasteiger partial charge is 0.124 e. The lowest BCUT2D eigenvalue weighted by atomic mass is 9.70. The van der Waals surface area contributed by atoms with Gasteiger partial charge >= 0.3 is 0 Å². The molecule has 0 amide bonds. The van der Waals surface area contributed by atoms with Gasteiger partial charge in [-0.3, -0.25) is 0 Å². The fourth-order valence-electron chi connectivity index (χ4n) is 2.17. The second-order valence-corrected chi connectivity index (χ2v) is 4.73. The third-order valence-electron chi connectivity index (χ3n) is 2.98. The molecule has 1 aliphatic carbocycles. The minimum absolute atomic E-state index is 0.307. The number of ether oxygens (including phenoxy) is 1. The maximum Gasteiger partial charge on any atom is 0.124 e. The Morgan fingerprint density at radius 2 is 2.25 bits per heavy atom. The van der Waals surface area contributed by atoms with Crippen LogP contribution in [-0.4, -0.2) is 17.8 Å². The van der Waals surface area contributed by atoms with E-state index in [1.165, 1.54) is 0 Å². The van der Waals surface area contributed by atoms with Crippen LogP contribution in [0.4, 0.5) is 0 Å². The van der Waals surface area contributed by atoms with E-state index in [1.54, 1.807) is 6.07 Å². The number of hydrogen-bond acceptors (Lipinski definition) is 3. The van der Waals surface area contributed by atoms with Gasteiger partial charge in [-0.2, -0.15) is 0 Å². The molecule has 0 unspecified atom stereocenters. The maximum absolute atomic E-state index is 9.38. The van der Waals surface area contributed by atoms with Gasteiger partial charge in [0.1, 0.15) is 5.75 Å². The topological polar surface area (TPSA) is 55.5 Å². The molecule has 88 valence electrons. The van der Waals surface area contributed by atoms with E-state index in [1.807, 2.05) is 19.1 Å². The first kappa shape index (κ1) is 11.7. The van der Waals surface area contributed by atoms with Crippen molar-refractivity contribution >= 4 is 11.6 Å². The standard InChI is InChI=1S/C12H16ClNO2/c1-2-16-11-4-3-8(13)5-10(11)12(14)6-9(15)7-12/h3-5,9,15H,2,6-7,14H2,1H3. The SMILES string of the molecule is CCOc1ccc(Cl)cc1C1(N)CC(O)C1. The molecule has 0 aliphatic heterocycles. The van der Waals surface area contributed by atoms with Crippen LogP contribution in [0.5, 0.6) is 5.75 Å². The summed E-state index contributed by atoms with van der Waals surface area (Å²) in [6.45, 7) is 2.52. The Hall–Kier alpha value is -0.770. The normalized spacial score (nSPS) is 28.6. The highest BCUT2D eigenvalue weighted by atomic mass is 35.5. The molecule has 0 heterocycles. The largest absolute Gasteiger partial charge is 0.494 e. The number of aliphatic hydroxyl groups excluding tert-OH is 1. The summed E-state index contributed by atoms with van der Waals surface area (Å²) < 4.78 is 5.53. The van der Waals surface area contributed by atoms with Gasteiger partial charge in [0.2, 0.25) is 0 Å². The molecule has 0 aromatic heterocycles. The molecule has 1 aromatic rings. The van der Waals surface area contributed by atoms with Crippen molar-refractivity contribution < 1.29 is 9.84 Å². The van der Waals surface area contributed by atoms with E-state index in [2.05, 4.69) is 0 Å². The molecular weight excluding hydrogens is 226 g/mol. The molecule has 1 saturated carbocycles. The summed E-state index contributed by atoms with van der Waals surface area (Å²) >= 11 is 5.97. The number of rotatable bonds is 3. The second kappa shape index (κ2) is 4.24. The van der Waals surface area contributed by atoms with Gasteiger partial charge in [-0.05, 0) is 38.0 Å². The fraction of sp³-hybridized carbons (Fsp3) is 0.500. The molecule has 3 N–H and O–H groups in total. The van der Waals surface area contributed by atoms with E-state index in [-0.39, 0.29) is 6.10 Å². The summed E-state index contributed by atoms with van der Waals surface area (Å²) in [5.74, 6) is 0.765. The van der Waals surface area contributed by atoms with Gasteiger partial charge < -0.3 is 15.6 Å². The average molecular weight is 242 g/mol. The van der Waals surface area contributed by atoms with Crippen LogP contribution in [0.2, 0.25) is 5.02 Å². The Morgan fingerprint density at radius 1 is 1.56 bits per heavy atom. The molecule has 0 bridgehead atoms. The van der Waals surface area contributed by atoms with E-state index in [9.17, 15) is 5.11 Å². The molecule has 3 nitrogen and oxygen atoms in total. The van der Waals surface area contributed by atoms with Crippen LogP contribution < -0.4 is 10.5 Å². The molecule has 1 fully saturated rings. The first-order chi connectivity index (χ1) is 7.55. The van der Waals surface area contributed by atoms with E-state index in [4.69, 9.17) is 22.1 Å². The summed E-state index contributed by atoms with van der Waals surface area (Å²) in [7, 11) is 0. The van der Waals surface area contributed by atoms with Crippen molar-refractivity contribution in [2.75, 3.05) is 6.61 Å². The van der Waals surface area contributed by atoms with Crippen LogP contribution >= 0.6 is 11.6 Å². The molecular formula is C12H16ClNO2. The molecule has 4 heteroatoms. The lowest BCUT2D eigenvalue weighted by molar-refractivity contribution is 0.0196. The molecule has 0 spiro atoms. The Bertz CT molecular complexity index is 389. The van der Waals surface area contributed by atoms with E-state index >= 15 is 0 Å². The van der Waals surface area contributed by atoms with Gasteiger partial charge in [0.25, 0.3) is 0 Å². The Labute approximate surface area is 100 Å². The zero-order valence-electron chi connectivity index (χ0n) is 9.24. The summed E-state index contributed by atoms with van der Waals surface area (Å²) in [5.41, 5.74) is 6.62. The van der Waals surface area contributed by atoms with E-state index in [0.29, 0.717) is 24.5 Å². The van der Waals surface area contributed by atoms with Crippen LogP contribution in [0.15, 0.2) is 18.2 Å². The van der Waals surface area contributed by atoms with Gasteiger partial charge in [0, 0.05) is 16.1 Å². The Morgan fingerprint density at radius 3 is 2.81 bits per heavy atom. The van der Waals surface area contributed by atoms with Crippen molar-refractivity contribution in [3.8, 4) is 5.75 Å². The van der Waals surface area contributed by atoms with Gasteiger partial charge in [-0.25, -0.2) is 0 Å². The highest BCUT2D eigenvalue weighted by molar-refractivity contribution is 6.30. The Kier molecular flexibility index (Phi) is 3.10. The van der Waals surface area contributed by atoms with Crippen LogP contribution in [-0.2, 0) is 5.54 Å². The van der Waals surface area contributed by atoms with Crippen molar-refractivity contribution in [1.29, 1.82) is 0 Å². The fourth-order valence-corrected chi connectivity index (χ4v) is 2.35. The quantitative estimate of drug-likeness (QED) is 0.852. The monoisotopic (exact) mass is 241 g/mol. The number of aliphatic hydroxyl groups is 1. The number of hydrogen-bond donors (Lipinski definition) is 2. The lowest BCUT2D eigenvalue weighted by Crippen LogP contribution is -2.51. The molecule has 1 aliphatic rings. The first-order valence-corrected chi connectivity index (χ1v) is 5.83. The minimum Gasteiger partial charge on any atom is -0.494 e. The van der Waals surface area contributed by atoms with Crippen molar-refractivity contribution in [2.45, 2.75) is 31.4 Å². The third kappa shape index (κ3) is 2.03. The number of nitrogens with two attached hydrogens (primary N) is 1. The van der Waals surface area contributed by atoms with Crippen molar-refractivity contribution in [2.24, 2.45) is 5.73 Å². The van der Waals surface area contributed by atoms with Crippen molar-refractivity contribution in [3.63, 3.8) is 0 Å². The number of benzene rings is 1. The minimum atomic E-state index is -0.491. The first-order valence-electron chi connectivity index (χ1n) is 5.45. The zero-order chi connectivity index (χ0) is 11.8. The lowest BCUT2D eigenvalue weighted by Gasteiger charge is -2.43. The Balaban J connectivity index is 2.34. The van der Waals surface area contributed by atoms with Crippen molar-refractivity contribution in [3.05, 3.63) is 28.8 Å². The van der Waals surface area contributed by atoms with E-state index < -0.39 is 5.54 Å². The summed E-state index contributed by atoms with van der Waals surface area (Å²) in [4.78, 5) is 0. The van der Waals surface area contributed by atoms with Crippen LogP contribution in [0.1, 0.15) is 25.3 Å². The summed E-state index contributed by atoms with van der Waals surface area (Å²) in [6, 6.07) is 5.45. The summed E-state index contributed by atoms with van der Waals surface area (Å²) in [5, 5.41) is 10.0. The van der Waals surface area contributed by atoms with Crippen LogP contribution in [0, 0.1) is 0 Å². The molecule has 1 aromatic carbocycles. The molecule has 0 radical (unpaired) electrons. The van der Waals surface area contributed by atoms with Gasteiger partial charge in [0.05, 0.1) is 12.7 Å². The predicted molar refractivity (Wildman–Crippen MR) is 63.7 cm³/mol. The molecule has 0 saturated heterocycles. The van der Waals surface area contributed by atoms with Crippen molar-refractivity contribution in [1.82, 2.24) is 0 Å². The molecule has 16 heavy (non-hydrogen) atoms. The predicted octanol–water partition coefficient (Wildman–Crippen LogP) is 2.05. The van der Waals surface area contributed by atoms with Gasteiger partial charge in [-0.1, -0.05) is 11.6 Å². The molecule has 2 rings (SSSR count). The van der Waals surface area contributed by atoms with Gasteiger partial charge in [0.15, 0.2) is 0 Å². The van der Waals surface area contributed by atoms with E-state index in [0.717, 1.165) is 11.3 Å². The zero-order valence-corrected chi connectivity index (χ0v) is 10.00. The van der Waals surface area contributed by atoms with Gasteiger partial charge in [-0.15, -0.1) is 0 Å². The second-order valence-electron chi connectivity index (χ2n) is 4.29. The third-order valence-corrected chi connectivity index (χ3v) is 3.21. The molecule has 0 atom stereocenters. The maximum atomic E-state index is 9.38. The highest BCUT2D eigenvalue weighted by Crippen LogP contribution is 2.43. The summed E-state index contributed by atoms with van der Waals surface area (Å²) in [6.07, 6.45) is 0.819. The highest BCUT2D eigenvalue weighted by Gasteiger charge is 2.43. The average Bonchev–Trinajstić information content (AvgIpc) is 2.19. The van der Waals surface area contributed by atoms with Crippen LogP contribution in [0.3, 0.4) is 0 Å². The van der Waals surface area contributed by atoms with Crippen LogP contribution in [0.25, 0.3) is 0 Å².